The zero-order chi connectivity index (χ0) is 10.7. The fourth-order valence-electron chi connectivity index (χ4n) is 2.38. The summed E-state index contributed by atoms with van der Waals surface area (Å²) in [5.74, 6) is 0. The van der Waals surface area contributed by atoms with Crippen molar-refractivity contribution in [1.29, 1.82) is 0 Å². The van der Waals surface area contributed by atoms with Gasteiger partial charge in [0.1, 0.15) is 32.7 Å². The van der Waals surface area contributed by atoms with Gasteiger partial charge in [-0.2, -0.15) is 0 Å². The number of nitrogens with one attached hydrogen (secondary N) is 2. The lowest BCUT2D eigenvalue weighted by Crippen LogP contribution is -3.27. The summed E-state index contributed by atoms with van der Waals surface area (Å²) in [6.07, 6.45) is 0. The van der Waals surface area contributed by atoms with E-state index >= 15 is 0 Å². The second kappa shape index (κ2) is 5.07. The van der Waals surface area contributed by atoms with Gasteiger partial charge in [0.05, 0.1) is 11.9 Å². The maximum absolute atomic E-state index is 4.12. The van der Waals surface area contributed by atoms with Gasteiger partial charge in [-0.3, -0.25) is 0 Å². The Bertz CT molecular complexity index is 278. The first kappa shape index (κ1) is 11.1. The maximum Gasteiger partial charge on any atom is 0.172 e. The van der Waals surface area contributed by atoms with E-state index in [1.807, 2.05) is 11.3 Å². The summed E-state index contributed by atoms with van der Waals surface area (Å²) in [6, 6.07) is 5.06. The van der Waals surface area contributed by atoms with Gasteiger partial charge in [0.2, 0.25) is 0 Å². The van der Waals surface area contributed by atoms with Crippen molar-refractivity contribution in [3.8, 4) is 0 Å². The lowest BCUT2D eigenvalue weighted by molar-refractivity contribution is -1.02. The number of quaternary nitrogens is 3. The summed E-state index contributed by atoms with van der Waals surface area (Å²) in [4.78, 5) is 4.92. The Morgan fingerprint density at radius 2 is 2.13 bits per heavy atom. The third-order valence-corrected chi connectivity index (χ3v) is 4.40. The molecule has 84 valence electrons. The molecule has 0 unspecified atom stereocenters. The van der Waals surface area contributed by atoms with Crippen LogP contribution in [-0.4, -0.2) is 39.8 Å². The van der Waals surface area contributed by atoms with Gasteiger partial charge < -0.3 is 15.5 Å². The minimum atomic E-state index is 0.637. The van der Waals surface area contributed by atoms with Crippen LogP contribution in [0.25, 0.3) is 0 Å². The number of rotatable bonds is 3. The molecular formula is C11H22N3S+3. The molecule has 2 rings (SSSR count). The van der Waals surface area contributed by atoms with Crippen LogP contribution in [0, 0.1) is 0 Å². The standard InChI is InChI=1S/C11H19N3S/c1-13-4-6-14(7-5-13)10(9-12)11-3-2-8-15-11/h2-3,8,10H,4-7,9,12H2,1H3/p+3/t10-/m1/s1. The van der Waals surface area contributed by atoms with Gasteiger partial charge >= 0.3 is 0 Å². The van der Waals surface area contributed by atoms with Gasteiger partial charge in [-0.25, -0.2) is 0 Å². The van der Waals surface area contributed by atoms with Crippen molar-refractivity contribution in [2.75, 3.05) is 39.8 Å². The van der Waals surface area contributed by atoms with Gasteiger partial charge in [0.25, 0.3) is 0 Å². The second-order valence-corrected chi connectivity index (χ2v) is 5.45. The number of piperazine rings is 1. The fraction of sp³-hybridized carbons (Fsp3) is 0.636. The SMILES string of the molecule is C[NH+]1CC[NH+]([C@H](C[NH3+])c2cccs2)CC1. The third kappa shape index (κ3) is 2.58. The normalized spacial score (nSPS) is 28.9. The van der Waals surface area contributed by atoms with Crippen LogP contribution < -0.4 is 15.5 Å². The van der Waals surface area contributed by atoms with E-state index in [1.54, 1.807) is 9.80 Å². The highest BCUT2D eigenvalue weighted by Crippen LogP contribution is 2.14. The van der Waals surface area contributed by atoms with Crippen molar-refractivity contribution in [2.24, 2.45) is 0 Å². The van der Waals surface area contributed by atoms with Crippen molar-refractivity contribution in [1.82, 2.24) is 0 Å². The molecule has 2 heterocycles. The minimum Gasteiger partial charge on any atom is -0.352 e. The Labute approximate surface area is 95.5 Å². The number of hydrogen-bond donors (Lipinski definition) is 3. The molecule has 1 aliphatic rings. The third-order valence-electron chi connectivity index (χ3n) is 3.41. The first-order valence-electron chi connectivity index (χ1n) is 5.79. The molecule has 3 nitrogen and oxygen atoms in total. The van der Waals surface area contributed by atoms with E-state index in [0.717, 1.165) is 6.54 Å². The van der Waals surface area contributed by atoms with Crippen LogP contribution in [0.2, 0.25) is 0 Å². The Balaban J connectivity index is 2.01. The molecule has 0 spiro atoms. The van der Waals surface area contributed by atoms with Crippen LogP contribution in [0.4, 0.5) is 0 Å². The van der Waals surface area contributed by atoms with Crippen LogP contribution >= 0.6 is 11.3 Å². The number of likely N-dealkylation sites (N-methyl/N-ethyl adjacent to an activating group) is 1. The molecule has 5 N–H and O–H groups in total. The highest BCUT2D eigenvalue weighted by Gasteiger charge is 2.29. The van der Waals surface area contributed by atoms with E-state index < -0.39 is 0 Å². The van der Waals surface area contributed by atoms with E-state index in [-0.39, 0.29) is 0 Å². The lowest BCUT2D eigenvalue weighted by atomic mass is 10.2. The molecule has 1 atom stereocenters. The van der Waals surface area contributed by atoms with Crippen molar-refractivity contribution in [3.05, 3.63) is 22.4 Å². The van der Waals surface area contributed by atoms with Gasteiger partial charge in [0, 0.05) is 0 Å². The molecule has 0 saturated carbocycles. The highest BCUT2D eigenvalue weighted by atomic mass is 32.1. The number of hydrogen-bond acceptors (Lipinski definition) is 1. The summed E-state index contributed by atoms with van der Waals surface area (Å²) >= 11 is 1.88. The Hall–Kier alpha value is -0.420. The van der Waals surface area contributed by atoms with E-state index in [4.69, 9.17) is 0 Å². The van der Waals surface area contributed by atoms with E-state index in [1.165, 1.54) is 31.1 Å². The topological polar surface area (TPSA) is 36.5 Å². The molecule has 4 heteroatoms. The molecule has 1 aromatic heterocycles. The molecule has 1 saturated heterocycles. The Morgan fingerprint density at radius 3 is 2.67 bits per heavy atom. The van der Waals surface area contributed by atoms with Gasteiger partial charge in [-0.1, -0.05) is 6.07 Å². The van der Waals surface area contributed by atoms with Crippen molar-refractivity contribution >= 4 is 11.3 Å². The van der Waals surface area contributed by atoms with E-state index in [0.29, 0.717) is 6.04 Å². The van der Waals surface area contributed by atoms with Crippen LogP contribution in [0.3, 0.4) is 0 Å². The smallest absolute Gasteiger partial charge is 0.172 e. The first-order chi connectivity index (χ1) is 7.31. The first-order valence-corrected chi connectivity index (χ1v) is 6.67. The average molecular weight is 228 g/mol. The summed E-state index contributed by atoms with van der Waals surface area (Å²) in [6.45, 7) is 6.22. The summed E-state index contributed by atoms with van der Waals surface area (Å²) in [5, 5.41) is 2.18. The second-order valence-electron chi connectivity index (χ2n) is 4.47. The quantitative estimate of drug-likeness (QED) is 0.509. The molecule has 0 bridgehead atoms. The van der Waals surface area contributed by atoms with Crippen LogP contribution in [0.5, 0.6) is 0 Å². The predicted molar refractivity (Wildman–Crippen MR) is 62.1 cm³/mol. The van der Waals surface area contributed by atoms with Crippen LogP contribution in [-0.2, 0) is 0 Å². The number of thiophene rings is 1. The summed E-state index contributed by atoms with van der Waals surface area (Å²) in [7, 11) is 2.29. The zero-order valence-corrected chi connectivity index (χ0v) is 10.3. The monoisotopic (exact) mass is 228 g/mol. The van der Waals surface area contributed by atoms with Gasteiger partial charge in [-0.05, 0) is 11.4 Å². The summed E-state index contributed by atoms with van der Waals surface area (Å²) in [5.41, 5.74) is 4.12. The highest BCUT2D eigenvalue weighted by molar-refractivity contribution is 7.10. The Morgan fingerprint density at radius 1 is 1.40 bits per heavy atom. The maximum atomic E-state index is 4.12. The molecular weight excluding hydrogens is 206 g/mol. The molecule has 1 fully saturated rings. The minimum absolute atomic E-state index is 0.637. The molecule has 1 aliphatic heterocycles. The van der Waals surface area contributed by atoms with Crippen molar-refractivity contribution in [3.63, 3.8) is 0 Å². The lowest BCUT2D eigenvalue weighted by Gasteiger charge is -2.31. The molecule has 1 aromatic rings. The van der Waals surface area contributed by atoms with Gasteiger partial charge in [-0.15, -0.1) is 11.3 Å². The molecule has 0 aromatic carbocycles. The molecule has 0 amide bonds. The fourth-order valence-corrected chi connectivity index (χ4v) is 3.30. The van der Waals surface area contributed by atoms with Crippen molar-refractivity contribution < 1.29 is 15.5 Å². The predicted octanol–water partition coefficient (Wildman–Crippen LogP) is -2.56. The van der Waals surface area contributed by atoms with Crippen LogP contribution in [0.1, 0.15) is 10.9 Å². The van der Waals surface area contributed by atoms with Crippen LogP contribution in [0.15, 0.2) is 17.5 Å². The summed E-state index contributed by atoms with van der Waals surface area (Å²) < 4.78 is 0. The largest absolute Gasteiger partial charge is 0.352 e. The average Bonchev–Trinajstić information content (AvgIpc) is 2.75. The van der Waals surface area contributed by atoms with Gasteiger partial charge in [0.15, 0.2) is 6.04 Å². The van der Waals surface area contributed by atoms with E-state index in [9.17, 15) is 0 Å². The zero-order valence-electron chi connectivity index (χ0n) is 9.46. The Kier molecular flexibility index (Phi) is 3.75. The molecule has 15 heavy (non-hydrogen) atoms. The van der Waals surface area contributed by atoms with Crippen molar-refractivity contribution in [2.45, 2.75) is 6.04 Å². The molecule has 0 radical (unpaired) electrons. The van der Waals surface area contributed by atoms with E-state index in [2.05, 4.69) is 30.3 Å². The molecule has 0 aliphatic carbocycles.